The Hall–Kier alpha value is -1.20. The predicted molar refractivity (Wildman–Crippen MR) is 91.6 cm³/mol. The number of aromatic nitrogens is 3. The molecule has 0 unspecified atom stereocenters. The largest absolute Gasteiger partial charge is 0.331 e. The fourth-order valence-corrected chi connectivity index (χ4v) is 5.15. The summed E-state index contributed by atoms with van der Waals surface area (Å²) >= 11 is 1.88. The van der Waals surface area contributed by atoms with Crippen molar-refractivity contribution in [2.75, 3.05) is 6.54 Å². The Morgan fingerprint density at radius 2 is 2.04 bits per heavy atom. The van der Waals surface area contributed by atoms with E-state index in [1.54, 1.807) is 0 Å². The molecule has 0 aromatic carbocycles. The van der Waals surface area contributed by atoms with E-state index in [0.717, 1.165) is 38.0 Å². The van der Waals surface area contributed by atoms with Crippen LogP contribution < -0.4 is 0 Å². The molecule has 0 spiro atoms. The van der Waals surface area contributed by atoms with Crippen molar-refractivity contribution in [3.05, 3.63) is 33.8 Å². The third-order valence-corrected chi connectivity index (χ3v) is 6.68. The van der Waals surface area contributed by atoms with Gasteiger partial charge < -0.3 is 4.57 Å². The molecule has 5 heteroatoms. The maximum atomic E-state index is 4.94. The van der Waals surface area contributed by atoms with Crippen molar-refractivity contribution in [2.24, 2.45) is 0 Å². The number of hydrogen-bond donors (Lipinski definition) is 0. The SMILES string of the molecule is c1sc(C2CCCC2)nc1CN1CCc2c(ncn2C2CC2)C1. The van der Waals surface area contributed by atoms with Gasteiger partial charge >= 0.3 is 0 Å². The van der Waals surface area contributed by atoms with Crippen molar-refractivity contribution in [1.29, 1.82) is 0 Å². The summed E-state index contributed by atoms with van der Waals surface area (Å²) in [6.45, 7) is 3.12. The second-order valence-corrected chi connectivity index (χ2v) is 8.29. The zero-order valence-corrected chi connectivity index (χ0v) is 14.4. The van der Waals surface area contributed by atoms with Gasteiger partial charge in [0, 0.05) is 49.1 Å². The molecule has 2 aliphatic carbocycles. The van der Waals surface area contributed by atoms with Crippen molar-refractivity contribution < 1.29 is 0 Å². The zero-order valence-electron chi connectivity index (χ0n) is 13.6. The molecule has 5 rings (SSSR count). The van der Waals surface area contributed by atoms with Crippen molar-refractivity contribution in [2.45, 2.75) is 70.0 Å². The van der Waals surface area contributed by atoms with Crippen LogP contribution in [0.2, 0.25) is 0 Å². The molecule has 2 saturated carbocycles. The average Bonchev–Trinajstić information content (AvgIpc) is 2.99. The number of rotatable bonds is 4. The van der Waals surface area contributed by atoms with Gasteiger partial charge in [0.25, 0.3) is 0 Å². The number of nitrogens with zero attached hydrogens (tertiary/aromatic N) is 4. The van der Waals surface area contributed by atoms with E-state index in [1.807, 2.05) is 11.3 Å². The van der Waals surface area contributed by atoms with E-state index in [1.165, 1.54) is 60.6 Å². The van der Waals surface area contributed by atoms with Gasteiger partial charge in [0.1, 0.15) is 0 Å². The maximum absolute atomic E-state index is 4.94. The van der Waals surface area contributed by atoms with Gasteiger partial charge in [-0.3, -0.25) is 4.90 Å². The van der Waals surface area contributed by atoms with Crippen LogP contribution in [0.15, 0.2) is 11.7 Å². The third kappa shape index (κ3) is 2.74. The monoisotopic (exact) mass is 328 g/mol. The molecule has 122 valence electrons. The highest BCUT2D eigenvalue weighted by atomic mass is 32.1. The Bertz CT molecular complexity index is 694. The van der Waals surface area contributed by atoms with Gasteiger partial charge in [0.2, 0.25) is 0 Å². The molecule has 0 saturated heterocycles. The normalized spacial score (nSPS) is 22.6. The number of hydrogen-bond acceptors (Lipinski definition) is 4. The summed E-state index contributed by atoms with van der Waals surface area (Å²) in [7, 11) is 0. The summed E-state index contributed by atoms with van der Waals surface area (Å²) in [6, 6.07) is 0.755. The van der Waals surface area contributed by atoms with Crippen LogP contribution >= 0.6 is 11.3 Å². The molecule has 0 N–H and O–H groups in total. The minimum atomic E-state index is 0.746. The number of thiazole rings is 1. The molecule has 1 aliphatic heterocycles. The summed E-state index contributed by atoms with van der Waals surface area (Å²) in [5, 5.41) is 3.67. The van der Waals surface area contributed by atoms with Crippen molar-refractivity contribution >= 4 is 11.3 Å². The molecule has 0 amide bonds. The van der Waals surface area contributed by atoms with Crippen LogP contribution in [0, 0.1) is 0 Å². The summed E-state index contributed by atoms with van der Waals surface area (Å²) in [5.74, 6) is 0.746. The fourth-order valence-electron chi connectivity index (χ4n) is 4.17. The molecule has 0 radical (unpaired) electrons. The molecule has 23 heavy (non-hydrogen) atoms. The molecular weight excluding hydrogens is 304 g/mol. The first-order valence-corrected chi connectivity index (χ1v) is 9.96. The van der Waals surface area contributed by atoms with E-state index in [0.29, 0.717) is 0 Å². The first-order valence-electron chi connectivity index (χ1n) is 9.08. The Labute approximate surface area is 141 Å². The van der Waals surface area contributed by atoms with E-state index < -0.39 is 0 Å². The van der Waals surface area contributed by atoms with Crippen LogP contribution in [0.25, 0.3) is 0 Å². The average molecular weight is 328 g/mol. The van der Waals surface area contributed by atoms with Gasteiger partial charge in [0.15, 0.2) is 0 Å². The van der Waals surface area contributed by atoms with E-state index in [-0.39, 0.29) is 0 Å². The van der Waals surface area contributed by atoms with Crippen molar-refractivity contribution in [3.63, 3.8) is 0 Å². The lowest BCUT2D eigenvalue weighted by atomic mass is 10.1. The van der Waals surface area contributed by atoms with E-state index >= 15 is 0 Å². The van der Waals surface area contributed by atoms with Crippen LogP contribution in [0.4, 0.5) is 0 Å². The Morgan fingerprint density at radius 3 is 2.87 bits per heavy atom. The summed E-state index contributed by atoms with van der Waals surface area (Å²) in [6.07, 6.45) is 11.4. The Morgan fingerprint density at radius 1 is 1.17 bits per heavy atom. The number of fused-ring (bicyclic) bond motifs is 1. The topological polar surface area (TPSA) is 34.0 Å². The van der Waals surface area contributed by atoms with Crippen molar-refractivity contribution in [1.82, 2.24) is 19.4 Å². The molecule has 3 heterocycles. The smallest absolute Gasteiger partial charge is 0.0959 e. The quantitative estimate of drug-likeness (QED) is 0.854. The molecule has 2 aromatic heterocycles. The van der Waals surface area contributed by atoms with Gasteiger partial charge in [0.05, 0.1) is 22.7 Å². The summed E-state index contributed by atoms with van der Waals surface area (Å²) in [5.41, 5.74) is 4.06. The zero-order chi connectivity index (χ0) is 15.2. The van der Waals surface area contributed by atoms with Crippen molar-refractivity contribution in [3.8, 4) is 0 Å². The van der Waals surface area contributed by atoms with Crippen LogP contribution in [0.1, 0.15) is 72.6 Å². The third-order valence-electron chi connectivity index (χ3n) is 5.62. The lowest BCUT2D eigenvalue weighted by molar-refractivity contribution is 0.237. The molecule has 0 atom stereocenters. The van der Waals surface area contributed by atoms with Crippen LogP contribution in [0.5, 0.6) is 0 Å². The molecule has 2 fully saturated rings. The van der Waals surface area contributed by atoms with Crippen LogP contribution in [-0.2, 0) is 19.5 Å². The van der Waals surface area contributed by atoms with Gasteiger partial charge in [-0.25, -0.2) is 9.97 Å². The highest BCUT2D eigenvalue weighted by Crippen LogP contribution is 2.38. The molecular formula is C18H24N4S. The summed E-state index contributed by atoms with van der Waals surface area (Å²) < 4.78 is 2.44. The Balaban J connectivity index is 1.26. The maximum Gasteiger partial charge on any atom is 0.0959 e. The highest BCUT2D eigenvalue weighted by Gasteiger charge is 2.29. The minimum absolute atomic E-state index is 0.746. The lowest BCUT2D eigenvalue weighted by Crippen LogP contribution is -2.31. The number of imidazole rings is 1. The van der Waals surface area contributed by atoms with Gasteiger partial charge in [-0.15, -0.1) is 11.3 Å². The standard InChI is InChI=1S/C18H24N4S/c1-2-4-13(3-1)18-20-14(11-23-18)9-21-8-7-17-16(10-21)19-12-22(17)15-5-6-15/h11-13,15H,1-10H2. The molecule has 2 aromatic rings. The van der Waals surface area contributed by atoms with E-state index in [9.17, 15) is 0 Å². The second-order valence-electron chi connectivity index (χ2n) is 7.40. The first-order chi connectivity index (χ1) is 11.4. The molecule has 0 bridgehead atoms. The summed E-state index contributed by atoms with van der Waals surface area (Å²) in [4.78, 5) is 12.1. The van der Waals surface area contributed by atoms with Gasteiger partial charge in [-0.05, 0) is 25.7 Å². The van der Waals surface area contributed by atoms with Gasteiger partial charge in [-0.2, -0.15) is 0 Å². The fraction of sp³-hybridized carbons (Fsp3) is 0.667. The highest BCUT2D eigenvalue weighted by molar-refractivity contribution is 7.09. The van der Waals surface area contributed by atoms with Crippen LogP contribution in [0.3, 0.4) is 0 Å². The van der Waals surface area contributed by atoms with E-state index in [4.69, 9.17) is 4.98 Å². The molecule has 4 nitrogen and oxygen atoms in total. The lowest BCUT2D eigenvalue weighted by Gasteiger charge is -2.26. The predicted octanol–water partition coefficient (Wildman–Crippen LogP) is 3.89. The van der Waals surface area contributed by atoms with E-state index in [2.05, 4.69) is 26.2 Å². The first kappa shape index (κ1) is 14.2. The Kier molecular flexibility index (Phi) is 3.52. The van der Waals surface area contributed by atoms with Gasteiger partial charge in [-0.1, -0.05) is 12.8 Å². The van der Waals surface area contributed by atoms with Crippen LogP contribution in [-0.4, -0.2) is 26.0 Å². The second kappa shape index (κ2) is 5.71. The molecule has 3 aliphatic rings. The minimum Gasteiger partial charge on any atom is -0.331 e.